The second kappa shape index (κ2) is 5.95. The predicted octanol–water partition coefficient (Wildman–Crippen LogP) is 1.74. The molecule has 17 heavy (non-hydrogen) atoms. The van der Waals surface area contributed by atoms with Gasteiger partial charge < -0.3 is 5.11 Å². The standard InChI is InChI=1S/C11H19NO3S2/c1-8(2)6-10(7-13)12-17(14,15)11-5-4-9(3)16-11/h4-5,8,10,12-13H,6-7H2,1-3H3. The number of aliphatic hydroxyl groups excluding tert-OH is 1. The van der Waals surface area contributed by atoms with E-state index in [9.17, 15) is 8.42 Å². The van der Waals surface area contributed by atoms with Crippen LogP contribution in [0.25, 0.3) is 0 Å². The molecule has 0 bridgehead atoms. The van der Waals surface area contributed by atoms with Crippen LogP contribution >= 0.6 is 11.3 Å². The smallest absolute Gasteiger partial charge is 0.250 e. The van der Waals surface area contributed by atoms with Crippen molar-refractivity contribution in [1.29, 1.82) is 0 Å². The van der Waals surface area contributed by atoms with Gasteiger partial charge in [-0.1, -0.05) is 13.8 Å². The molecule has 1 unspecified atom stereocenters. The molecule has 1 aromatic heterocycles. The summed E-state index contributed by atoms with van der Waals surface area (Å²) in [6.07, 6.45) is 0.625. The van der Waals surface area contributed by atoms with E-state index < -0.39 is 16.1 Å². The van der Waals surface area contributed by atoms with E-state index in [1.165, 1.54) is 11.3 Å². The molecule has 6 heteroatoms. The van der Waals surface area contributed by atoms with Crippen LogP contribution in [0.1, 0.15) is 25.1 Å². The first kappa shape index (κ1) is 14.6. The third kappa shape index (κ3) is 4.39. The van der Waals surface area contributed by atoms with Gasteiger partial charge in [0.05, 0.1) is 6.61 Å². The van der Waals surface area contributed by atoms with Gasteiger partial charge in [0.25, 0.3) is 0 Å². The Morgan fingerprint density at radius 2 is 2.06 bits per heavy atom. The summed E-state index contributed by atoms with van der Waals surface area (Å²) in [7, 11) is -3.49. The summed E-state index contributed by atoms with van der Waals surface area (Å²) in [6, 6.07) is 2.95. The molecule has 0 spiro atoms. The molecule has 1 aromatic rings. The van der Waals surface area contributed by atoms with Crippen LogP contribution in [0.15, 0.2) is 16.3 Å². The van der Waals surface area contributed by atoms with Crippen molar-refractivity contribution in [3.63, 3.8) is 0 Å². The SMILES string of the molecule is Cc1ccc(S(=O)(=O)NC(CO)CC(C)C)s1. The molecule has 0 aliphatic carbocycles. The highest BCUT2D eigenvalue weighted by atomic mass is 32.2. The van der Waals surface area contributed by atoms with Crippen LogP contribution in [0.2, 0.25) is 0 Å². The maximum absolute atomic E-state index is 12.0. The Kier molecular flexibility index (Phi) is 5.12. The Morgan fingerprint density at radius 1 is 1.41 bits per heavy atom. The van der Waals surface area contributed by atoms with E-state index in [0.29, 0.717) is 16.5 Å². The number of rotatable bonds is 6. The number of hydrogen-bond donors (Lipinski definition) is 2. The first-order valence-corrected chi connectivity index (χ1v) is 7.84. The van der Waals surface area contributed by atoms with E-state index in [-0.39, 0.29) is 6.61 Å². The summed E-state index contributed by atoms with van der Waals surface area (Å²) in [4.78, 5) is 0.954. The molecule has 0 aliphatic heterocycles. The number of nitrogens with one attached hydrogen (secondary N) is 1. The van der Waals surface area contributed by atoms with Crippen LogP contribution in [0.3, 0.4) is 0 Å². The van der Waals surface area contributed by atoms with E-state index in [4.69, 9.17) is 5.11 Å². The topological polar surface area (TPSA) is 66.4 Å². The van der Waals surface area contributed by atoms with E-state index in [1.807, 2.05) is 20.8 Å². The second-order valence-corrected chi connectivity index (χ2v) is 7.72. The highest BCUT2D eigenvalue weighted by Crippen LogP contribution is 2.21. The van der Waals surface area contributed by atoms with Gasteiger partial charge >= 0.3 is 0 Å². The van der Waals surface area contributed by atoms with Crippen LogP contribution < -0.4 is 4.72 Å². The minimum Gasteiger partial charge on any atom is -0.395 e. The van der Waals surface area contributed by atoms with Gasteiger partial charge in [0.1, 0.15) is 4.21 Å². The Balaban J connectivity index is 2.78. The molecule has 4 nitrogen and oxygen atoms in total. The van der Waals surface area contributed by atoms with Crippen molar-refractivity contribution in [3.8, 4) is 0 Å². The van der Waals surface area contributed by atoms with Crippen LogP contribution in [0.4, 0.5) is 0 Å². The lowest BCUT2D eigenvalue weighted by Crippen LogP contribution is -2.38. The quantitative estimate of drug-likeness (QED) is 0.832. The van der Waals surface area contributed by atoms with Crippen LogP contribution in [-0.4, -0.2) is 26.2 Å². The lowest BCUT2D eigenvalue weighted by Gasteiger charge is -2.17. The van der Waals surface area contributed by atoms with Crippen molar-refractivity contribution in [2.75, 3.05) is 6.61 Å². The van der Waals surface area contributed by atoms with Crippen molar-refractivity contribution in [3.05, 3.63) is 17.0 Å². The average Bonchev–Trinajstić information content (AvgIpc) is 2.63. The van der Waals surface area contributed by atoms with E-state index in [2.05, 4.69) is 4.72 Å². The summed E-state index contributed by atoms with van der Waals surface area (Å²) < 4.78 is 26.8. The monoisotopic (exact) mass is 277 g/mol. The third-order valence-electron chi connectivity index (χ3n) is 2.28. The third-order valence-corrected chi connectivity index (χ3v) is 5.29. The number of hydrogen-bond acceptors (Lipinski definition) is 4. The second-order valence-electron chi connectivity index (χ2n) is 4.50. The number of aryl methyl sites for hydroxylation is 1. The molecule has 98 valence electrons. The van der Waals surface area contributed by atoms with Crippen LogP contribution in [0.5, 0.6) is 0 Å². The first-order chi connectivity index (χ1) is 7.85. The molecule has 1 atom stereocenters. The molecule has 0 aromatic carbocycles. The Hall–Kier alpha value is -0.430. The molecule has 0 radical (unpaired) electrons. The van der Waals surface area contributed by atoms with Crippen molar-refractivity contribution in [2.45, 2.75) is 37.4 Å². The number of sulfonamides is 1. The minimum atomic E-state index is -3.49. The minimum absolute atomic E-state index is 0.179. The van der Waals surface area contributed by atoms with Crippen LogP contribution in [-0.2, 0) is 10.0 Å². The molecule has 0 amide bonds. The van der Waals surface area contributed by atoms with Crippen molar-refractivity contribution in [2.24, 2.45) is 5.92 Å². The first-order valence-electron chi connectivity index (χ1n) is 5.54. The Morgan fingerprint density at radius 3 is 2.47 bits per heavy atom. The largest absolute Gasteiger partial charge is 0.395 e. The Labute approximate surface area is 107 Å². The summed E-state index contributed by atoms with van der Waals surface area (Å²) in [5.74, 6) is 0.333. The zero-order valence-electron chi connectivity index (χ0n) is 10.3. The fraction of sp³-hybridized carbons (Fsp3) is 0.636. The van der Waals surface area contributed by atoms with Gasteiger partial charge in [0, 0.05) is 10.9 Å². The summed E-state index contributed by atoms with van der Waals surface area (Å²) in [5.41, 5.74) is 0. The van der Waals surface area contributed by atoms with Crippen molar-refractivity contribution >= 4 is 21.4 Å². The van der Waals surface area contributed by atoms with Gasteiger partial charge in [-0.3, -0.25) is 0 Å². The molecule has 0 saturated heterocycles. The van der Waals surface area contributed by atoms with Gasteiger partial charge in [-0.25, -0.2) is 13.1 Å². The molecular weight excluding hydrogens is 258 g/mol. The molecule has 0 fully saturated rings. The normalized spacial score (nSPS) is 14.2. The zero-order chi connectivity index (χ0) is 13.1. The summed E-state index contributed by atoms with van der Waals surface area (Å²) in [6.45, 7) is 5.67. The maximum Gasteiger partial charge on any atom is 0.250 e. The predicted molar refractivity (Wildman–Crippen MR) is 69.7 cm³/mol. The highest BCUT2D eigenvalue weighted by Gasteiger charge is 2.21. The number of thiophene rings is 1. The van der Waals surface area contributed by atoms with Gasteiger partial charge in [-0.15, -0.1) is 11.3 Å². The highest BCUT2D eigenvalue weighted by molar-refractivity contribution is 7.91. The van der Waals surface area contributed by atoms with Crippen molar-refractivity contribution < 1.29 is 13.5 Å². The molecule has 0 saturated carbocycles. The summed E-state index contributed by atoms with van der Waals surface area (Å²) >= 11 is 1.23. The molecule has 1 rings (SSSR count). The molecule has 2 N–H and O–H groups in total. The fourth-order valence-corrected chi connectivity index (χ4v) is 4.10. The molecule has 0 aliphatic rings. The lowest BCUT2D eigenvalue weighted by molar-refractivity contribution is 0.240. The van der Waals surface area contributed by atoms with Crippen molar-refractivity contribution in [1.82, 2.24) is 4.72 Å². The Bertz CT molecular complexity index is 451. The van der Waals surface area contributed by atoms with Gasteiger partial charge in [-0.05, 0) is 31.4 Å². The lowest BCUT2D eigenvalue weighted by atomic mass is 10.1. The molecular formula is C11H19NO3S2. The van der Waals surface area contributed by atoms with Crippen LogP contribution in [0, 0.1) is 12.8 Å². The average molecular weight is 277 g/mol. The molecule has 1 heterocycles. The zero-order valence-corrected chi connectivity index (χ0v) is 11.9. The van der Waals surface area contributed by atoms with E-state index in [0.717, 1.165) is 4.88 Å². The summed E-state index contributed by atoms with van der Waals surface area (Å²) in [5, 5.41) is 9.17. The van der Waals surface area contributed by atoms with Gasteiger partial charge in [-0.2, -0.15) is 0 Å². The van der Waals surface area contributed by atoms with E-state index >= 15 is 0 Å². The number of aliphatic hydroxyl groups is 1. The van der Waals surface area contributed by atoms with Gasteiger partial charge in [0.15, 0.2) is 0 Å². The maximum atomic E-state index is 12.0. The van der Waals surface area contributed by atoms with E-state index in [1.54, 1.807) is 12.1 Å². The fourth-order valence-electron chi connectivity index (χ4n) is 1.56. The van der Waals surface area contributed by atoms with Gasteiger partial charge in [0.2, 0.25) is 10.0 Å².